The molecule has 0 radical (unpaired) electrons. The number of nitrogens with zero attached hydrogens (tertiary/aromatic N) is 3. The van der Waals surface area contributed by atoms with Crippen molar-refractivity contribution in [2.75, 3.05) is 0 Å². The number of aromatic carboxylic acids is 1. The predicted molar refractivity (Wildman–Crippen MR) is 72.4 cm³/mol. The van der Waals surface area contributed by atoms with E-state index in [4.69, 9.17) is 0 Å². The summed E-state index contributed by atoms with van der Waals surface area (Å²) in [5, 5.41) is 16.3. The summed E-state index contributed by atoms with van der Waals surface area (Å²) in [6.45, 7) is 0. The fourth-order valence-corrected chi connectivity index (χ4v) is 3.21. The van der Waals surface area contributed by atoms with Crippen molar-refractivity contribution < 1.29 is 9.90 Å². The van der Waals surface area contributed by atoms with Gasteiger partial charge in [0.1, 0.15) is 16.3 Å². The molecule has 100 valence electrons. The van der Waals surface area contributed by atoms with Gasteiger partial charge in [-0.25, -0.2) is 9.78 Å². The van der Waals surface area contributed by atoms with Crippen LogP contribution >= 0.6 is 11.3 Å². The van der Waals surface area contributed by atoms with Gasteiger partial charge in [0.25, 0.3) is 0 Å². The molecule has 0 unspecified atom stereocenters. The molecule has 1 fully saturated rings. The summed E-state index contributed by atoms with van der Waals surface area (Å²) in [7, 11) is 0. The average molecular weight is 277 g/mol. The lowest BCUT2D eigenvalue weighted by molar-refractivity contribution is 0.0697. The molecule has 0 aliphatic heterocycles. The van der Waals surface area contributed by atoms with Crippen LogP contribution in [0.3, 0.4) is 0 Å². The number of thiazole rings is 1. The molecule has 19 heavy (non-hydrogen) atoms. The molecule has 2 aromatic rings. The Morgan fingerprint density at radius 3 is 2.79 bits per heavy atom. The molecular formula is C13H15N3O2S. The van der Waals surface area contributed by atoms with Gasteiger partial charge in [-0.1, -0.05) is 19.3 Å². The maximum atomic E-state index is 11.3. The Morgan fingerprint density at radius 2 is 2.16 bits per heavy atom. The van der Waals surface area contributed by atoms with Crippen molar-refractivity contribution in [2.24, 2.45) is 0 Å². The molecular weight excluding hydrogens is 262 g/mol. The zero-order chi connectivity index (χ0) is 13.2. The Balaban J connectivity index is 1.99. The molecule has 0 aromatic carbocycles. The fraction of sp³-hybridized carbons (Fsp3) is 0.462. The molecule has 0 amide bonds. The molecule has 0 spiro atoms. The summed E-state index contributed by atoms with van der Waals surface area (Å²) in [4.78, 5) is 15.5. The number of rotatable bonds is 3. The second-order valence-electron chi connectivity index (χ2n) is 4.81. The predicted octanol–water partition coefficient (Wildman–Crippen LogP) is 3.21. The standard InChI is InChI=1S/C13H15N3O2S/c17-13(18)10-8-16(9-4-2-1-3-5-9)15-11(10)12-14-6-7-19-12/h6-9H,1-5H2,(H,17,18). The van der Waals surface area contributed by atoms with Gasteiger partial charge >= 0.3 is 5.97 Å². The van der Waals surface area contributed by atoms with Crippen molar-refractivity contribution in [1.82, 2.24) is 14.8 Å². The van der Waals surface area contributed by atoms with E-state index >= 15 is 0 Å². The monoisotopic (exact) mass is 277 g/mol. The van der Waals surface area contributed by atoms with E-state index in [0.29, 0.717) is 16.7 Å². The Morgan fingerprint density at radius 1 is 1.37 bits per heavy atom. The van der Waals surface area contributed by atoms with Crippen molar-refractivity contribution in [3.63, 3.8) is 0 Å². The summed E-state index contributed by atoms with van der Waals surface area (Å²) in [6, 6.07) is 0.334. The minimum absolute atomic E-state index is 0.250. The van der Waals surface area contributed by atoms with Crippen molar-refractivity contribution in [3.05, 3.63) is 23.3 Å². The van der Waals surface area contributed by atoms with Crippen LogP contribution in [0.1, 0.15) is 48.5 Å². The van der Waals surface area contributed by atoms with Crippen LogP contribution in [0.25, 0.3) is 10.7 Å². The molecule has 1 aliphatic rings. The van der Waals surface area contributed by atoms with E-state index in [1.807, 2.05) is 10.1 Å². The minimum Gasteiger partial charge on any atom is -0.478 e. The van der Waals surface area contributed by atoms with E-state index in [-0.39, 0.29) is 5.56 Å². The molecule has 5 nitrogen and oxygen atoms in total. The largest absolute Gasteiger partial charge is 0.478 e. The molecule has 0 saturated heterocycles. The molecule has 1 N–H and O–H groups in total. The van der Waals surface area contributed by atoms with Gasteiger partial charge in [0.2, 0.25) is 0 Å². The summed E-state index contributed by atoms with van der Waals surface area (Å²) in [5.74, 6) is -0.938. The third-order valence-electron chi connectivity index (χ3n) is 3.55. The highest BCUT2D eigenvalue weighted by molar-refractivity contribution is 7.13. The Kier molecular flexibility index (Phi) is 3.33. The van der Waals surface area contributed by atoms with Gasteiger partial charge < -0.3 is 5.11 Å². The van der Waals surface area contributed by atoms with Crippen molar-refractivity contribution in [1.29, 1.82) is 0 Å². The first-order valence-electron chi connectivity index (χ1n) is 6.48. The van der Waals surface area contributed by atoms with E-state index < -0.39 is 5.97 Å². The number of carboxylic acids is 1. The smallest absolute Gasteiger partial charge is 0.339 e. The normalized spacial score (nSPS) is 16.6. The van der Waals surface area contributed by atoms with E-state index in [0.717, 1.165) is 12.8 Å². The SMILES string of the molecule is O=C(O)c1cn(C2CCCCC2)nc1-c1nccs1. The molecule has 0 bridgehead atoms. The summed E-state index contributed by atoms with van der Waals surface area (Å²) in [6.07, 6.45) is 9.15. The van der Waals surface area contributed by atoms with Gasteiger partial charge in [-0.2, -0.15) is 5.10 Å². The van der Waals surface area contributed by atoms with Gasteiger partial charge in [-0.3, -0.25) is 4.68 Å². The number of carbonyl (C=O) groups is 1. The van der Waals surface area contributed by atoms with Gasteiger partial charge in [0, 0.05) is 17.8 Å². The van der Waals surface area contributed by atoms with Crippen LogP contribution < -0.4 is 0 Å². The zero-order valence-corrected chi connectivity index (χ0v) is 11.3. The Bertz CT molecular complexity index is 571. The van der Waals surface area contributed by atoms with Crippen molar-refractivity contribution in [3.8, 4) is 10.7 Å². The van der Waals surface area contributed by atoms with Crippen LogP contribution in [0.5, 0.6) is 0 Å². The number of hydrogen-bond acceptors (Lipinski definition) is 4. The first kappa shape index (κ1) is 12.3. The fourth-order valence-electron chi connectivity index (χ4n) is 2.58. The summed E-state index contributed by atoms with van der Waals surface area (Å²) < 4.78 is 1.83. The van der Waals surface area contributed by atoms with Crippen LogP contribution in [0, 0.1) is 0 Å². The molecule has 2 heterocycles. The molecule has 0 atom stereocenters. The third-order valence-corrected chi connectivity index (χ3v) is 4.33. The lowest BCUT2D eigenvalue weighted by atomic mass is 9.96. The van der Waals surface area contributed by atoms with E-state index in [2.05, 4.69) is 10.1 Å². The summed E-state index contributed by atoms with van der Waals surface area (Å²) >= 11 is 1.42. The topological polar surface area (TPSA) is 68.0 Å². The van der Waals surface area contributed by atoms with Crippen LogP contribution in [0.15, 0.2) is 17.8 Å². The average Bonchev–Trinajstić information content (AvgIpc) is 3.08. The maximum absolute atomic E-state index is 11.3. The van der Waals surface area contributed by atoms with Crippen LogP contribution in [-0.4, -0.2) is 25.8 Å². The highest BCUT2D eigenvalue weighted by Crippen LogP contribution is 2.31. The molecule has 3 rings (SSSR count). The minimum atomic E-state index is -0.938. The Hall–Kier alpha value is -1.69. The quantitative estimate of drug-likeness (QED) is 0.935. The van der Waals surface area contributed by atoms with Gasteiger partial charge in [-0.05, 0) is 12.8 Å². The van der Waals surface area contributed by atoms with Crippen molar-refractivity contribution >= 4 is 17.3 Å². The lowest BCUT2D eigenvalue weighted by Gasteiger charge is -2.21. The first-order valence-corrected chi connectivity index (χ1v) is 7.36. The van der Waals surface area contributed by atoms with Gasteiger partial charge in [0.05, 0.1) is 6.04 Å². The van der Waals surface area contributed by atoms with Crippen molar-refractivity contribution in [2.45, 2.75) is 38.1 Å². The van der Waals surface area contributed by atoms with E-state index in [1.54, 1.807) is 12.4 Å². The highest BCUT2D eigenvalue weighted by Gasteiger charge is 2.23. The van der Waals surface area contributed by atoms with Crippen LogP contribution in [0.2, 0.25) is 0 Å². The second kappa shape index (κ2) is 5.13. The van der Waals surface area contributed by atoms with E-state index in [1.165, 1.54) is 30.6 Å². The number of hydrogen-bond donors (Lipinski definition) is 1. The zero-order valence-electron chi connectivity index (χ0n) is 10.5. The molecule has 1 aliphatic carbocycles. The first-order chi connectivity index (χ1) is 9.25. The van der Waals surface area contributed by atoms with Gasteiger partial charge in [0.15, 0.2) is 0 Å². The highest BCUT2D eigenvalue weighted by atomic mass is 32.1. The van der Waals surface area contributed by atoms with E-state index in [9.17, 15) is 9.90 Å². The van der Waals surface area contributed by atoms with Crippen LogP contribution in [0.4, 0.5) is 0 Å². The number of aromatic nitrogens is 3. The third kappa shape index (κ3) is 2.40. The maximum Gasteiger partial charge on any atom is 0.339 e. The lowest BCUT2D eigenvalue weighted by Crippen LogP contribution is -2.13. The Labute approximate surface area is 114 Å². The number of carboxylic acid groups (broad SMARTS) is 1. The van der Waals surface area contributed by atoms with Crippen LogP contribution in [-0.2, 0) is 0 Å². The molecule has 2 aromatic heterocycles. The van der Waals surface area contributed by atoms with Gasteiger partial charge in [-0.15, -0.1) is 11.3 Å². The summed E-state index contributed by atoms with van der Waals surface area (Å²) in [5.41, 5.74) is 0.744. The molecule has 6 heteroatoms. The molecule has 1 saturated carbocycles. The second-order valence-corrected chi connectivity index (χ2v) is 5.70.